The van der Waals surface area contributed by atoms with Crippen LogP contribution >= 0.6 is 11.6 Å². The van der Waals surface area contributed by atoms with Crippen molar-refractivity contribution in [2.24, 2.45) is 7.05 Å². The third-order valence-corrected chi connectivity index (χ3v) is 2.67. The number of imidazole rings is 1. The summed E-state index contributed by atoms with van der Waals surface area (Å²) < 4.78 is 1.38. The summed E-state index contributed by atoms with van der Waals surface area (Å²) in [5.41, 5.74) is 0.532. The Morgan fingerprint density at radius 2 is 2.28 bits per heavy atom. The van der Waals surface area contributed by atoms with E-state index in [4.69, 9.17) is 16.9 Å². The second kappa shape index (κ2) is 4.47. The van der Waals surface area contributed by atoms with Crippen LogP contribution in [0.4, 0.5) is 5.82 Å². The van der Waals surface area contributed by atoms with Gasteiger partial charge in [-0.3, -0.25) is 4.57 Å². The van der Waals surface area contributed by atoms with Crippen LogP contribution in [0.25, 0.3) is 11.4 Å². The first-order valence-corrected chi connectivity index (χ1v) is 5.29. The van der Waals surface area contributed by atoms with Crippen LogP contribution in [0.3, 0.4) is 0 Å². The lowest BCUT2D eigenvalue weighted by atomic mass is 10.2. The molecule has 0 aliphatic carbocycles. The summed E-state index contributed by atoms with van der Waals surface area (Å²) in [7, 11) is 1.55. The second-order valence-corrected chi connectivity index (χ2v) is 3.98. The van der Waals surface area contributed by atoms with Gasteiger partial charge in [0.05, 0.1) is 0 Å². The Morgan fingerprint density at radius 3 is 2.78 bits per heavy atom. The minimum absolute atomic E-state index is 0.0880. The maximum atomic E-state index is 10.8. The molecule has 0 fully saturated rings. The highest BCUT2D eigenvalue weighted by Gasteiger charge is 2.26. The van der Waals surface area contributed by atoms with E-state index in [2.05, 4.69) is 4.98 Å². The molecule has 2 aromatic rings. The molecule has 0 amide bonds. The van der Waals surface area contributed by atoms with E-state index in [0.29, 0.717) is 16.4 Å². The van der Waals surface area contributed by atoms with Gasteiger partial charge in [-0.05, 0) is 28.1 Å². The van der Waals surface area contributed by atoms with Crippen LogP contribution in [0.2, 0.25) is 5.02 Å². The first-order valence-electron chi connectivity index (χ1n) is 4.91. The quantitative estimate of drug-likeness (QED) is 0.615. The van der Waals surface area contributed by atoms with Crippen molar-refractivity contribution in [1.29, 1.82) is 5.26 Å². The summed E-state index contributed by atoms with van der Waals surface area (Å²) >= 11 is 5.85. The van der Waals surface area contributed by atoms with Gasteiger partial charge >= 0.3 is 5.82 Å². The molecule has 0 bridgehead atoms. The Morgan fingerprint density at radius 1 is 1.56 bits per heavy atom. The molecule has 1 aromatic carbocycles. The molecule has 7 heteroatoms. The van der Waals surface area contributed by atoms with Crippen molar-refractivity contribution in [3.63, 3.8) is 0 Å². The molecule has 0 atom stereocenters. The van der Waals surface area contributed by atoms with Gasteiger partial charge in [0.1, 0.15) is 6.07 Å². The maximum Gasteiger partial charge on any atom is 0.400 e. The molecule has 0 aliphatic rings. The highest BCUT2D eigenvalue weighted by atomic mass is 35.5. The fourth-order valence-electron chi connectivity index (χ4n) is 1.62. The molecule has 0 spiro atoms. The van der Waals surface area contributed by atoms with Crippen molar-refractivity contribution in [1.82, 2.24) is 9.55 Å². The number of benzene rings is 1. The number of hydrogen-bond acceptors (Lipinski definition) is 4. The monoisotopic (exact) mass is 262 g/mol. The lowest BCUT2D eigenvalue weighted by molar-refractivity contribution is -0.389. The van der Waals surface area contributed by atoms with Gasteiger partial charge < -0.3 is 10.1 Å². The van der Waals surface area contributed by atoms with Crippen LogP contribution in [0.5, 0.6) is 0 Å². The average Bonchev–Trinajstić information content (AvgIpc) is 2.66. The van der Waals surface area contributed by atoms with Gasteiger partial charge in [-0.15, -0.1) is 0 Å². The Bertz CT molecular complexity index is 672. The Hall–Kier alpha value is -2.39. The second-order valence-electron chi connectivity index (χ2n) is 3.55. The summed E-state index contributed by atoms with van der Waals surface area (Å²) in [6.07, 6.45) is 0. The molecular weight excluding hydrogens is 256 g/mol. The van der Waals surface area contributed by atoms with Crippen molar-refractivity contribution < 1.29 is 4.92 Å². The lowest BCUT2D eigenvalue weighted by Gasteiger charge is -1.98. The van der Waals surface area contributed by atoms with Crippen molar-refractivity contribution >= 4 is 17.4 Å². The Labute approximate surface area is 107 Å². The Kier molecular flexibility index (Phi) is 3.00. The summed E-state index contributed by atoms with van der Waals surface area (Å²) in [5.74, 6) is -0.115. The number of aromatic nitrogens is 2. The number of halogens is 1. The van der Waals surface area contributed by atoms with Gasteiger partial charge in [-0.25, -0.2) is 0 Å². The Balaban J connectivity index is 2.67. The normalized spacial score (nSPS) is 10.1. The number of nitriles is 1. The fourth-order valence-corrected chi connectivity index (χ4v) is 1.81. The van der Waals surface area contributed by atoms with Crippen molar-refractivity contribution in [3.8, 4) is 17.5 Å². The molecule has 18 heavy (non-hydrogen) atoms. The van der Waals surface area contributed by atoms with Crippen molar-refractivity contribution in [2.45, 2.75) is 0 Å². The third kappa shape index (κ3) is 1.92. The summed E-state index contributed by atoms with van der Waals surface area (Å²) in [4.78, 5) is 14.0. The van der Waals surface area contributed by atoms with Gasteiger partial charge in [0.25, 0.3) is 5.82 Å². The van der Waals surface area contributed by atoms with E-state index in [0.717, 1.165) is 0 Å². The molecule has 1 aromatic heterocycles. The van der Waals surface area contributed by atoms with Gasteiger partial charge in [0.15, 0.2) is 0 Å². The molecule has 90 valence electrons. The number of nitrogens with zero attached hydrogens (tertiary/aromatic N) is 4. The van der Waals surface area contributed by atoms with E-state index in [1.165, 1.54) is 4.57 Å². The molecule has 6 nitrogen and oxygen atoms in total. The zero-order valence-electron chi connectivity index (χ0n) is 9.29. The molecule has 0 radical (unpaired) electrons. The van der Waals surface area contributed by atoms with Crippen LogP contribution in [0.1, 0.15) is 5.69 Å². The van der Waals surface area contributed by atoms with Crippen LogP contribution in [0.15, 0.2) is 24.3 Å². The number of rotatable bonds is 2. The van der Waals surface area contributed by atoms with Gasteiger partial charge in [0.2, 0.25) is 5.69 Å². The molecule has 0 aliphatic heterocycles. The van der Waals surface area contributed by atoms with Crippen LogP contribution in [0, 0.1) is 21.4 Å². The molecule has 0 saturated carbocycles. The van der Waals surface area contributed by atoms with Crippen LogP contribution < -0.4 is 0 Å². The fraction of sp³-hybridized carbons (Fsp3) is 0.0909. The highest BCUT2D eigenvalue weighted by molar-refractivity contribution is 6.30. The topological polar surface area (TPSA) is 84.8 Å². The first kappa shape index (κ1) is 12.1. The van der Waals surface area contributed by atoms with E-state index < -0.39 is 10.7 Å². The summed E-state index contributed by atoms with van der Waals surface area (Å²) in [5, 5.41) is 20.2. The lowest BCUT2D eigenvalue weighted by Crippen LogP contribution is -1.96. The van der Waals surface area contributed by atoms with E-state index in [9.17, 15) is 10.1 Å². The van der Waals surface area contributed by atoms with Crippen LogP contribution in [-0.2, 0) is 7.05 Å². The molecular formula is C11H7ClN4O2. The zero-order chi connectivity index (χ0) is 13.3. The molecule has 0 N–H and O–H groups in total. The maximum absolute atomic E-state index is 10.8. The SMILES string of the molecule is Cn1c(-c2cccc(Cl)c2)nc([N+](=O)[O-])c1C#N. The predicted molar refractivity (Wildman–Crippen MR) is 65.0 cm³/mol. The minimum Gasteiger partial charge on any atom is -0.358 e. The number of hydrogen-bond donors (Lipinski definition) is 0. The van der Waals surface area contributed by atoms with Crippen LogP contribution in [-0.4, -0.2) is 14.5 Å². The molecule has 0 saturated heterocycles. The van der Waals surface area contributed by atoms with Crippen molar-refractivity contribution in [3.05, 3.63) is 45.1 Å². The molecule has 1 heterocycles. The van der Waals surface area contributed by atoms with Gasteiger partial charge in [0, 0.05) is 17.6 Å². The third-order valence-electron chi connectivity index (χ3n) is 2.44. The highest BCUT2D eigenvalue weighted by Crippen LogP contribution is 2.26. The van der Waals surface area contributed by atoms with Gasteiger partial charge in [-0.1, -0.05) is 17.7 Å². The zero-order valence-corrected chi connectivity index (χ0v) is 10.0. The predicted octanol–water partition coefficient (Wildman–Crippen LogP) is 2.52. The first-order chi connectivity index (χ1) is 8.54. The molecule has 0 unspecified atom stereocenters. The average molecular weight is 263 g/mol. The van der Waals surface area contributed by atoms with E-state index in [1.807, 2.05) is 0 Å². The van der Waals surface area contributed by atoms with Gasteiger partial charge in [-0.2, -0.15) is 5.26 Å². The number of nitro groups is 1. The smallest absolute Gasteiger partial charge is 0.358 e. The van der Waals surface area contributed by atoms with E-state index in [-0.39, 0.29) is 5.69 Å². The summed E-state index contributed by atoms with van der Waals surface area (Å²) in [6, 6.07) is 8.53. The largest absolute Gasteiger partial charge is 0.400 e. The van der Waals surface area contributed by atoms with E-state index >= 15 is 0 Å². The van der Waals surface area contributed by atoms with Crippen molar-refractivity contribution in [2.75, 3.05) is 0 Å². The standard InChI is InChI=1S/C11H7ClN4O2/c1-15-9(6-13)11(16(17)18)14-10(15)7-3-2-4-8(12)5-7/h2-5H,1H3. The van der Waals surface area contributed by atoms with E-state index in [1.54, 1.807) is 37.4 Å². The summed E-state index contributed by atoms with van der Waals surface area (Å²) in [6.45, 7) is 0. The molecule has 2 rings (SSSR count). The minimum atomic E-state index is -0.674.